The molecule has 1 saturated heterocycles. The van der Waals surface area contributed by atoms with Gasteiger partial charge >= 0.3 is 0 Å². The van der Waals surface area contributed by atoms with E-state index in [1.807, 2.05) is 18.2 Å². The molecule has 0 radical (unpaired) electrons. The number of ether oxygens (including phenoxy) is 2. The van der Waals surface area contributed by atoms with Crippen molar-refractivity contribution in [2.45, 2.75) is 24.2 Å². The summed E-state index contributed by atoms with van der Waals surface area (Å²) in [4.78, 5) is 0. The van der Waals surface area contributed by atoms with Gasteiger partial charge in [0.15, 0.2) is 5.79 Å². The molecule has 3 heteroatoms. The lowest BCUT2D eigenvalue weighted by Gasteiger charge is -2.50. The summed E-state index contributed by atoms with van der Waals surface area (Å²) in [6.45, 7) is 1.40. The van der Waals surface area contributed by atoms with E-state index >= 15 is 0 Å². The molecule has 80 valence electrons. The van der Waals surface area contributed by atoms with Gasteiger partial charge in [-0.3, -0.25) is 0 Å². The summed E-state index contributed by atoms with van der Waals surface area (Å²) in [5.41, 5.74) is 7.24. The van der Waals surface area contributed by atoms with Gasteiger partial charge in [0.05, 0.1) is 18.8 Å². The monoisotopic (exact) mass is 205 g/mol. The van der Waals surface area contributed by atoms with Crippen LogP contribution in [-0.4, -0.2) is 19.0 Å². The van der Waals surface area contributed by atoms with Gasteiger partial charge < -0.3 is 15.2 Å². The summed E-state index contributed by atoms with van der Waals surface area (Å²) in [6.07, 6.45) is 1.54. The molecule has 0 aromatic heterocycles. The van der Waals surface area contributed by atoms with Crippen LogP contribution in [0.4, 0.5) is 0 Å². The number of benzene rings is 1. The van der Waals surface area contributed by atoms with Gasteiger partial charge in [0, 0.05) is 12.8 Å². The van der Waals surface area contributed by atoms with Gasteiger partial charge in [0.2, 0.25) is 0 Å². The summed E-state index contributed by atoms with van der Waals surface area (Å²) in [7, 11) is 0. The lowest BCUT2D eigenvalue weighted by atomic mass is 9.68. The quantitative estimate of drug-likeness (QED) is 0.753. The maximum atomic E-state index is 6.32. The van der Waals surface area contributed by atoms with Crippen molar-refractivity contribution in [1.82, 2.24) is 0 Å². The smallest absolute Gasteiger partial charge is 0.172 e. The molecule has 1 aromatic carbocycles. The highest BCUT2D eigenvalue weighted by Crippen LogP contribution is 2.50. The Labute approximate surface area is 89.2 Å². The van der Waals surface area contributed by atoms with E-state index in [4.69, 9.17) is 15.2 Å². The Morgan fingerprint density at radius 1 is 1.00 bits per heavy atom. The first-order valence-corrected chi connectivity index (χ1v) is 5.35. The van der Waals surface area contributed by atoms with Crippen LogP contribution in [0, 0.1) is 0 Å². The second kappa shape index (κ2) is 3.04. The molecule has 1 spiro atoms. The molecule has 1 aliphatic carbocycles. The molecular weight excluding hydrogens is 190 g/mol. The fourth-order valence-corrected chi connectivity index (χ4v) is 2.58. The second-order valence-electron chi connectivity index (χ2n) is 4.48. The number of rotatable bonds is 1. The molecular formula is C12H15NO2. The minimum atomic E-state index is -0.370. The molecule has 0 atom stereocenters. The van der Waals surface area contributed by atoms with E-state index in [2.05, 4.69) is 12.1 Å². The first-order chi connectivity index (χ1) is 7.23. The number of hydrogen-bond acceptors (Lipinski definition) is 3. The zero-order chi connectivity index (χ0) is 10.4. The third-order valence-electron chi connectivity index (χ3n) is 3.33. The molecule has 0 amide bonds. The van der Waals surface area contributed by atoms with Crippen LogP contribution in [0.5, 0.6) is 0 Å². The topological polar surface area (TPSA) is 44.5 Å². The maximum Gasteiger partial charge on any atom is 0.172 e. The van der Waals surface area contributed by atoms with Crippen LogP contribution in [0.25, 0.3) is 0 Å². The minimum absolute atomic E-state index is 0.258. The summed E-state index contributed by atoms with van der Waals surface area (Å²) in [6, 6.07) is 10.2. The van der Waals surface area contributed by atoms with Crippen molar-refractivity contribution in [2.75, 3.05) is 13.2 Å². The fourth-order valence-electron chi connectivity index (χ4n) is 2.58. The molecule has 3 rings (SSSR count). The lowest BCUT2D eigenvalue weighted by Crippen LogP contribution is -2.60. The normalized spacial score (nSPS) is 26.5. The summed E-state index contributed by atoms with van der Waals surface area (Å²) < 4.78 is 11.2. The van der Waals surface area contributed by atoms with Gasteiger partial charge in [0.25, 0.3) is 0 Å². The number of nitrogens with two attached hydrogens (primary N) is 1. The van der Waals surface area contributed by atoms with E-state index in [-0.39, 0.29) is 11.3 Å². The van der Waals surface area contributed by atoms with Gasteiger partial charge in [-0.25, -0.2) is 0 Å². The third kappa shape index (κ3) is 1.39. The molecule has 1 aromatic rings. The van der Waals surface area contributed by atoms with E-state index in [9.17, 15) is 0 Å². The van der Waals surface area contributed by atoms with E-state index in [0.29, 0.717) is 13.2 Å². The van der Waals surface area contributed by atoms with Crippen molar-refractivity contribution in [2.24, 2.45) is 5.73 Å². The van der Waals surface area contributed by atoms with Crippen molar-refractivity contribution in [3.63, 3.8) is 0 Å². The molecule has 2 N–H and O–H groups in total. The number of hydrogen-bond donors (Lipinski definition) is 1. The Morgan fingerprint density at radius 2 is 1.60 bits per heavy atom. The molecule has 3 nitrogen and oxygen atoms in total. The fraction of sp³-hybridized carbons (Fsp3) is 0.500. The van der Waals surface area contributed by atoms with Crippen LogP contribution in [-0.2, 0) is 15.0 Å². The zero-order valence-corrected chi connectivity index (χ0v) is 8.61. The first-order valence-electron chi connectivity index (χ1n) is 5.35. The Hall–Kier alpha value is -0.900. The second-order valence-corrected chi connectivity index (χ2v) is 4.48. The molecule has 2 fully saturated rings. The van der Waals surface area contributed by atoms with Gasteiger partial charge in [-0.1, -0.05) is 30.3 Å². The molecule has 0 bridgehead atoms. The zero-order valence-electron chi connectivity index (χ0n) is 8.61. The summed E-state index contributed by atoms with van der Waals surface area (Å²) >= 11 is 0. The lowest BCUT2D eigenvalue weighted by molar-refractivity contribution is -0.239. The predicted octanol–water partition coefficient (Wildman–Crippen LogP) is 1.38. The minimum Gasteiger partial charge on any atom is -0.347 e. The molecule has 0 unspecified atom stereocenters. The van der Waals surface area contributed by atoms with E-state index in [0.717, 1.165) is 12.8 Å². The van der Waals surface area contributed by atoms with Gasteiger partial charge in [-0.15, -0.1) is 0 Å². The van der Waals surface area contributed by atoms with Crippen LogP contribution >= 0.6 is 0 Å². The Morgan fingerprint density at radius 3 is 2.20 bits per heavy atom. The molecule has 15 heavy (non-hydrogen) atoms. The predicted molar refractivity (Wildman–Crippen MR) is 56.2 cm³/mol. The van der Waals surface area contributed by atoms with Crippen molar-refractivity contribution in [3.05, 3.63) is 35.9 Å². The van der Waals surface area contributed by atoms with Gasteiger partial charge in [0.1, 0.15) is 0 Å². The standard InChI is InChI=1S/C12H15NO2/c13-11(10-4-2-1-3-5-10)8-12(9-11)14-6-7-15-12/h1-5H,6-9,13H2. The van der Waals surface area contributed by atoms with Crippen molar-refractivity contribution >= 4 is 0 Å². The Bertz CT molecular complexity index is 349. The highest BCUT2D eigenvalue weighted by atomic mass is 16.7. The van der Waals surface area contributed by atoms with Crippen molar-refractivity contribution in [1.29, 1.82) is 0 Å². The first kappa shape index (κ1) is 9.33. The average molecular weight is 205 g/mol. The van der Waals surface area contributed by atoms with Crippen molar-refractivity contribution in [3.8, 4) is 0 Å². The average Bonchev–Trinajstić information content (AvgIpc) is 2.67. The molecule has 2 aliphatic rings. The largest absolute Gasteiger partial charge is 0.347 e. The van der Waals surface area contributed by atoms with Crippen LogP contribution in [0.1, 0.15) is 18.4 Å². The summed E-state index contributed by atoms with van der Waals surface area (Å²) in [5, 5.41) is 0. The van der Waals surface area contributed by atoms with Crippen LogP contribution < -0.4 is 5.73 Å². The Balaban J connectivity index is 1.79. The van der Waals surface area contributed by atoms with Gasteiger partial charge in [-0.05, 0) is 5.56 Å². The third-order valence-corrected chi connectivity index (χ3v) is 3.33. The van der Waals surface area contributed by atoms with Crippen LogP contribution in [0.2, 0.25) is 0 Å². The highest BCUT2D eigenvalue weighted by molar-refractivity contribution is 5.29. The Kier molecular flexibility index (Phi) is 1.89. The highest BCUT2D eigenvalue weighted by Gasteiger charge is 2.57. The maximum absolute atomic E-state index is 6.32. The van der Waals surface area contributed by atoms with E-state index < -0.39 is 0 Å². The van der Waals surface area contributed by atoms with Gasteiger partial charge in [-0.2, -0.15) is 0 Å². The van der Waals surface area contributed by atoms with Crippen LogP contribution in [0.3, 0.4) is 0 Å². The molecule has 1 aliphatic heterocycles. The van der Waals surface area contributed by atoms with Crippen LogP contribution in [0.15, 0.2) is 30.3 Å². The van der Waals surface area contributed by atoms with E-state index in [1.165, 1.54) is 5.56 Å². The SMILES string of the molecule is NC1(c2ccccc2)CC2(C1)OCCO2. The molecule has 1 heterocycles. The van der Waals surface area contributed by atoms with Crippen molar-refractivity contribution < 1.29 is 9.47 Å². The van der Waals surface area contributed by atoms with E-state index in [1.54, 1.807) is 0 Å². The molecule has 1 saturated carbocycles. The summed E-state index contributed by atoms with van der Waals surface area (Å²) in [5.74, 6) is -0.370.